The number of aromatic nitrogens is 2. The molecule has 0 unspecified atom stereocenters. The van der Waals surface area contributed by atoms with Crippen molar-refractivity contribution in [1.82, 2.24) is 9.55 Å². The maximum Gasteiger partial charge on any atom is 0.253 e. The molecule has 0 fully saturated rings. The van der Waals surface area contributed by atoms with Gasteiger partial charge >= 0.3 is 0 Å². The van der Waals surface area contributed by atoms with Gasteiger partial charge in [-0.2, -0.15) is 0 Å². The van der Waals surface area contributed by atoms with Gasteiger partial charge in [-0.3, -0.25) is 9.36 Å². The molecule has 4 nitrogen and oxygen atoms in total. The van der Waals surface area contributed by atoms with Crippen molar-refractivity contribution >= 4 is 0 Å². The van der Waals surface area contributed by atoms with Crippen molar-refractivity contribution in [3.63, 3.8) is 0 Å². The minimum atomic E-state index is -0.0301. The number of ether oxygens (including phenoxy) is 1. The summed E-state index contributed by atoms with van der Waals surface area (Å²) >= 11 is 0. The Kier molecular flexibility index (Phi) is 4.00. The highest BCUT2D eigenvalue weighted by Crippen LogP contribution is 2.11. The summed E-state index contributed by atoms with van der Waals surface area (Å²) < 4.78 is 7.24. The van der Waals surface area contributed by atoms with Crippen LogP contribution in [0.4, 0.5) is 0 Å². The molecule has 0 amide bonds. The monoisotopic (exact) mass is 258 g/mol. The van der Waals surface area contributed by atoms with Gasteiger partial charge in [0, 0.05) is 11.8 Å². The lowest BCUT2D eigenvalue weighted by molar-refractivity contribution is 0.294. The SMILES string of the molecule is Cc1ccc(OCCn2c(C)nc(C)cc2=O)cc1. The molecule has 0 radical (unpaired) electrons. The predicted molar refractivity (Wildman–Crippen MR) is 74.6 cm³/mol. The lowest BCUT2D eigenvalue weighted by atomic mass is 10.2. The minimum absolute atomic E-state index is 0.0301. The predicted octanol–water partition coefficient (Wildman–Crippen LogP) is 2.25. The fraction of sp³-hybridized carbons (Fsp3) is 0.333. The van der Waals surface area contributed by atoms with Crippen LogP contribution < -0.4 is 10.3 Å². The highest BCUT2D eigenvalue weighted by atomic mass is 16.5. The molecule has 2 aromatic rings. The summed E-state index contributed by atoms with van der Waals surface area (Å²) in [6.07, 6.45) is 0. The van der Waals surface area contributed by atoms with Crippen LogP contribution in [0.25, 0.3) is 0 Å². The molecule has 4 heteroatoms. The molecule has 0 atom stereocenters. The first kappa shape index (κ1) is 13.3. The summed E-state index contributed by atoms with van der Waals surface area (Å²) in [5, 5.41) is 0. The van der Waals surface area contributed by atoms with Crippen LogP contribution in [0.15, 0.2) is 35.1 Å². The van der Waals surface area contributed by atoms with E-state index in [1.807, 2.05) is 45.0 Å². The number of rotatable bonds is 4. The molecule has 2 rings (SSSR count). The molecular weight excluding hydrogens is 240 g/mol. The van der Waals surface area contributed by atoms with Crippen LogP contribution in [-0.2, 0) is 6.54 Å². The van der Waals surface area contributed by atoms with Gasteiger partial charge in [0.2, 0.25) is 0 Å². The van der Waals surface area contributed by atoms with Crippen LogP contribution >= 0.6 is 0 Å². The summed E-state index contributed by atoms with van der Waals surface area (Å²) in [4.78, 5) is 16.1. The highest BCUT2D eigenvalue weighted by Gasteiger charge is 2.03. The first-order valence-electron chi connectivity index (χ1n) is 6.31. The van der Waals surface area contributed by atoms with Crippen LogP contribution in [0, 0.1) is 20.8 Å². The Hall–Kier alpha value is -2.10. The van der Waals surface area contributed by atoms with Gasteiger partial charge in [0.1, 0.15) is 18.2 Å². The molecule has 0 aliphatic carbocycles. The third-order valence-corrected chi connectivity index (χ3v) is 2.93. The van der Waals surface area contributed by atoms with Gasteiger partial charge in [-0.25, -0.2) is 4.98 Å². The Morgan fingerprint density at radius 2 is 1.84 bits per heavy atom. The number of aryl methyl sites for hydroxylation is 3. The molecule has 0 bridgehead atoms. The van der Waals surface area contributed by atoms with Gasteiger partial charge in [0.05, 0.1) is 6.54 Å². The molecule has 0 saturated heterocycles. The van der Waals surface area contributed by atoms with E-state index in [1.54, 1.807) is 10.6 Å². The molecule has 1 aromatic heterocycles. The molecule has 1 aromatic carbocycles. The first-order chi connectivity index (χ1) is 9.06. The molecule has 19 heavy (non-hydrogen) atoms. The van der Waals surface area contributed by atoms with Crippen molar-refractivity contribution in [1.29, 1.82) is 0 Å². The number of nitrogens with zero attached hydrogens (tertiary/aromatic N) is 2. The molecule has 0 saturated carbocycles. The summed E-state index contributed by atoms with van der Waals surface area (Å²) in [6.45, 7) is 6.65. The average Bonchev–Trinajstić information content (AvgIpc) is 2.34. The van der Waals surface area contributed by atoms with E-state index in [0.717, 1.165) is 17.3 Å². The van der Waals surface area contributed by atoms with E-state index in [9.17, 15) is 4.79 Å². The van der Waals surface area contributed by atoms with Crippen LogP contribution in [0.2, 0.25) is 0 Å². The maximum atomic E-state index is 11.8. The smallest absolute Gasteiger partial charge is 0.253 e. The molecule has 100 valence electrons. The van der Waals surface area contributed by atoms with Crippen LogP contribution in [0.5, 0.6) is 5.75 Å². The van der Waals surface area contributed by atoms with Gasteiger partial charge < -0.3 is 4.74 Å². The molecule has 0 aliphatic heterocycles. The second kappa shape index (κ2) is 5.69. The van der Waals surface area contributed by atoms with Crippen molar-refractivity contribution in [3.8, 4) is 5.75 Å². The molecular formula is C15H18N2O2. The van der Waals surface area contributed by atoms with Gasteiger partial charge in [-0.05, 0) is 32.9 Å². The largest absolute Gasteiger partial charge is 0.492 e. The Labute approximate surface area is 112 Å². The van der Waals surface area contributed by atoms with Gasteiger partial charge in [-0.1, -0.05) is 17.7 Å². The van der Waals surface area contributed by atoms with Crippen molar-refractivity contribution in [2.45, 2.75) is 27.3 Å². The lowest BCUT2D eigenvalue weighted by Gasteiger charge is -2.11. The van der Waals surface area contributed by atoms with E-state index in [2.05, 4.69) is 4.98 Å². The minimum Gasteiger partial charge on any atom is -0.492 e. The molecule has 1 heterocycles. The Morgan fingerprint density at radius 1 is 1.16 bits per heavy atom. The molecule has 0 spiro atoms. The fourth-order valence-corrected chi connectivity index (χ4v) is 1.93. The topological polar surface area (TPSA) is 44.1 Å². The quantitative estimate of drug-likeness (QED) is 0.844. The zero-order valence-electron chi connectivity index (χ0n) is 11.5. The summed E-state index contributed by atoms with van der Waals surface area (Å²) in [7, 11) is 0. The van der Waals surface area contributed by atoms with Crippen LogP contribution in [0.3, 0.4) is 0 Å². The van der Waals surface area contributed by atoms with E-state index < -0.39 is 0 Å². The zero-order valence-corrected chi connectivity index (χ0v) is 11.5. The molecule has 0 N–H and O–H groups in total. The Bertz CT molecular complexity index is 615. The fourth-order valence-electron chi connectivity index (χ4n) is 1.93. The molecule has 0 aliphatic rings. The van der Waals surface area contributed by atoms with Crippen molar-refractivity contribution in [3.05, 3.63) is 57.8 Å². The second-order valence-corrected chi connectivity index (χ2v) is 4.60. The number of benzene rings is 1. The standard InChI is InChI=1S/C15H18N2O2/c1-11-4-6-14(7-5-11)19-9-8-17-13(3)16-12(2)10-15(17)18/h4-7,10H,8-9H2,1-3H3. The van der Waals surface area contributed by atoms with Gasteiger partial charge in [0.15, 0.2) is 0 Å². The van der Waals surface area contributed by atoms with Crippen LogP contribution in [-0.4, -0.2) is 16.2 Å². The van der Waals surface area contributed by atoms with Crippen molar-refractivity contribution < 1.29 is 4.74 Å². The van der Waals surface area contributed by atoms with Crippen LogP contribution in [0.1, 0.15) is 17.1 Å². The zero-order chi connectivity index (χ0) is 13.8. The normalized spacial score (nSPS) is 10.5. The first-order valence-corrected chi connectivity index (χ1v) is 6.31. The van der Waals surface area contributed by atoms with E-state index in [4.69, 9.17) is 4.74 Å². The third-order valence-electron chi connectivity index (χ3n) is 2.93. The third kappa shape index (κ3) is 3.44. The van der Waals surface area contributed by atoms with E-state index in [-0.39, 0.29) is 5.56 Å². The summed E-state index contributed by atoms with van der Waals surface area (Å²) in [5.74, 6) is 1.54. The Balaban J connectivity index is 2.00. The van der Waals surface area contributed by atoms with Gasteiger partial charge in [-0.15, -0.1) is 0 Å². The second-order valence-electron chi connectivity index (χ2n) is 4.60. The van der Waals surface area contributed by atoms with Gasteiger partial charge in [0.25, 0.3) is 5.56 Å². The summed E-state index contributed by atoms with van der Waals surface area (Å²) in [5.41, 5.74) is 1.91. The maximum absolute atomic E-state index is 11.8. The number of hydrogen-bond donors (Lipinski definition) is 0. The average molecular weight is 258 g/mol. The summed E-state index contributed by atoms with van der Waals surface area (Å²) in [6, 6.07) is 9.40. The van der Waals surface area contributed by atoms with E-state index in [1.165, 1.54) is 5.56 Å². The van der Waals surface area contributed by atoms with E-state index in [0.29, 0.717) is 13.2 Å². The van der Waals surface area contributed by atoms with Crippen molar-refractivity contribution in [2.75, 3.05) is 6.61 Å². The highest BCUT2D eigenvalue weighted by molar-refractivity contribution is 5.26. The Morgan fingerprint density at radius 3 is 2.47 bits per heavy atom. The van der Waals surface area contributed by atoms with Crippen molar-refractivity contribution in [2.24, 2.45) is 0 Å². The van der Waals surface area contributed by atoms with E-state index >= 15 is 0 Å². The number of hydrogen-bond acceptors (Lipinski definition) is 3. The lowest BCUT2D eigenvalue weighted by Crippen LogP contribution is -2.26.